The largest absolute Gasteiger partial charge is 0.486 e. The highest BCUT2D eigenvalue weighted by Crippen LogP contribution is 2.32. The molecule has 1 aliphatic heterocycles. The number of nitrogens with zero attached hydrogens (tertiary/aromatic N) is 3. The highest BCUT2D eigenvalue weighted by atomic mass is 16.5. The molecule has 1 fully saturated rings. The molecule has 1 aromatic carbocycles. The summed E-state index contributed by atoms with van der Waals surface area (Å²) in [7, 11) is 0. The molecule has 1 N–H and O–H groups in total. The Hall–Kier alpha value is -3.42. The quantitative estimate of drug-likeness (QED) is 0.730. The fourth-order valence-corrected chi connectivity index (χ4v) is 3.34. The lowest BCUT2D eigenvalue weighted by Crippen LogP contribution is -2.35. The van der Waals surface area contributed by atoms with E-state index in [9.17, 15) is 9.59 Å². The smallest absolute Gasteiger partial charge is 0.263 e. The number of aromatic nitrogens is 3. The van der Waals surface area contributed by atoms with Gasteiger partial charge in [-0.15, -0.1) is 0 Å². The molecule has 0 unspecified atom stereocenters. The third-order valence-electron chi connectivity index (χ3n) is 4.70. The van der Waals surface area contributed by atoms with Crippen molar-refractivity contribution in [1.29, 1.82) is 0 Å². The van der Waals surface area contributed by atoms with Crippen LogP contribution in [0.1, 0.15) is 46.5 Å². The third kappa shape index (κ3) is 3.66. The number of aryl methyl sites for hydroxylation is 1. The zero-order chi connectivity index (χ0) is 19.5. The first-order valence-corrected chi connectivity index (χ1v) is 9.12. The van der Waals surface area contributed by atoms with Crippen LogP contribution in [0.5, 0.6) is 5.75 Å². The van der Waals surface area contributed by atoms with Gasteiger partial charge in [0.05, 0.1) is 6.04 Å². The second-order valence-electron chi connectivity index (χ2n) is 6.69. The lowest BCUT2D eigenvalue weighted by Gasteiger charge is -2.22. The normalized spacial score (nSPS) is 16.3. The minimum Gasteiger partial charge on any atom is -0.486 e. The number of benzene rings is 1. The maximum atomic E-state index is 12.9. The summed E-state index contributed by atoms with van der Waals surface area (Å²) in [5, 5.41) is 4.03. The molecule has 1 saturated heterocycles. The van der Waals surface area contributed by atoms with E-state index in [1.54, 1.807) is 4.90 Å². The van der Waals surface area contributed by atoms with Crippen LogP contribution < -0.4 is 10.3 Å². The molecule has 0 saturated carbocycles. The van der Waals surface area contributed by atoms with E-state index in [-0.39, 0.29) is 24.1 Å². The molecule has 1 atom stereocenters. The average Bonchev–Trinajstić information content (AvgIpc) is 3.35. The first-order valence-electron chi connectivity index (χ1n) is 9.12. The van der Waals surface area contributed by atoms with Gasteiger partial charge in [0.25, 0.3) is 11.5 Å². The highest BCUT2D eigenvalue weighted by Gasteiger charge is 2.33. The second kappa shape index (κ2) is 7.67. The number of hydrogen-bond donors (Lipinski definition) is 1. The summed E-state index contributed by atoms with van der Waals surface area (Å²) >= 11 is 0. The van der Waals surface area contributed by atoms with Crippen LogP contribution in [-0.4, -0.2) is 32.5 Å². The fourth-order valence-electron chi connectivity index (χ4n) is 3.34. The number of H-pyrrole nitrogens is 1. The Kier molecular flexibility index (Phi) is 4.92. The summed E-state index contributed by atoms with van der Waals surface area (Å²) in [5.41, 5.74) is 0.241. The molecule has 4 rings (SSSR count). The van der Waals surface area contributed by atoms with Crippen molar-refractivity contribution < 1.29 is 14.1 Å². The summed E-state index contributed by atoms with van der Waals surface area (Å²) in [4.78, 5) is 33.9. The van der Waals surface area contributed by atoms with Crippen molar-refractivity contribution in [2.24, 2.45) is 0 Å². The summed E-state index contributed by atoms with van der Waals surface area (Å²) < 4.78 is 10.7. The van der Waals surface area contributed by atoms with Crippen molar-refractivity contribution in [3.05, 3.63) is 75.8 Å². The molecule has 0 spiro atoms. The van der Waals surface area contributed by atoms with Crippen LogP contribution >= 0.6 is 0 Å². The van der Waals surface area contributed by atoms with E-state index in [0.29, 0.717) is 29.6 Å². The number of rotatable bonds is 5. The summed E-state index contributed by atoms with van der Waals surface area (Å²) in [6, 6.07) is 10.9. The molecule has 2 aromatic heterocycles. The van der Waals surface area contributed by atoms with Crippen LogP contribution in [0.15, 0.2) is 51.9 Å². The molecule has 3 heterocycles. The molecule has 1 amide bonds. The van der Waals surface area contributed by atoms with Crippen molar-refractivity contribution >= 4 is 5.91 Å². The molecule has 3 aromatic rings. The van der Waals surface area contributed by atoms with Crippen molar-refractivity contribution in [3.8, 4) is 5.75 Å². The van der Waals surface area contributed by atoms with Crippen LogP contribution in [-0.2, 0) is 6.61 Å². The molecule has 0 aliphatic carbocycles. The Labute approximate surface area is 161 Å². The van der Waals surface area contributed by atoms with Crippen LogP contribution in [0.25, 0.3) is 0 Å². The van der Waals surface area contributed by atoms with Crippen molar-refractivity contribution in [3.63, 3.8) is 0 Å². The van der Waals surface area contributed by atoms with Crippen LogP contribution in [0.4, 0.5) is 0 Å². The predicted octanol–water partition coefficient (Wildman–Crippen LogP) is 2.62. The van der Waals surface area contributed by atoms with Crippen LogP contribution in [0, 0.1) is 6.92 Å². The Morgan fingerprint density at radius 1 is 1.36 bits per heavy atom. The highest BCUT2D eigenvalue weighted by molar-refractivity contribution is 5.94. The maximum Gasteiger partial charge on any atom is 0.263 e. The van der Waals surface area contributed by atoms with Gasteiger partial charge in [0, 0.05) is 18.8 Å². The molecule has 1 aliphatic rings. The monoisotopic (exact) mass is 380 g/mol. The fraction of sp³-hybridized carbons (Fsp3) is 0.300. The molecule has 0 bridgehead atoms. The van der Waals surface area contributed by atoms with Crippen LogP contribution in [0.3, 0.4) is 0 Å². The van der Waals surface area contributed by atoms with Crippen molar-refractivity contribution in [2.45, 2.75) is 32.4 Å². The molecule has 144 valence electrons. The van der Waals surface area contributed by atoms with Gasteiger partial charge >= 0.3 is 0 Å². The summed E-state index contributed by atoms with van der Waals surface area (Å²) in [6.45, 7) is 2.48. The molecule has 8 nitrogen and oxygen atoms in total. The van der Waals surface area contributed by atoms with E-state index >= 15 is 0 Å². The van der Waals surface area contributed by atoms with Gasteiger partial charge in [0.1, 0.15) is 35.2 Å². The number of carbonyl (C=O) groups excluding carboxylic acids is 1. The van der Waals surface area contributed by atoms with E-state index in [4.69, 9.17) is 9.26 Å². The SMILES string of the molecule is Cc1cc([C@@H]2CCCN2C(=O)c2cnc(COc3ccccc3)[nH]c2=O)no1. The number of nitrogens with one attached hydrogen (secondary N) is 1. The summed E-state index contributed by atoms with van der Waals surface area (Å²) in [6.07, 6.45) is 2.94. The van der Waals surface area contributed by atoms with Gasteiger partial charge in [-0.05, 0) is 31.9 Å². The molecule has 8 heteroatoms. The zero-order valence-electron chi connectivity index (χ0n) is 15.4. The van der Waals surface area contributed by atoms with Crippen molar-refractivity contribution in [2.75, 3.05) is 6.54 Å². The first kappa shape index (κ1) is 18.0. The predicted molar refractivity (Wildman–Crippen MR) is 99.9 cm³/mol. The maximum absolute atomic E-state index is 12.9. The number of amides is 1. The molecule has 0 radical (unpaired) electrons. The van der Waals surface area contributed by atoms with Crippen LogP contribution in [0.2, 0.25) is 0 Å². The lowest BCUT2D eigenvalue weighted by molar-refractivity contribution is 0.0728. The minimum atomic E-state index is -0.478. The van der Waals surface area contributed by atoms with E-state index in [2.05, 4.69) is 15.1 Å². The number of carbonyl (C=O) groups is 1. The standard InChI is InChI=1S/C20H20N4O4/c1-13-10-16(23-28-13)17-8-5-9-24(17)20(26)15-11-21-18(22-19(15)25)12-27-14-6-3-2-4-7-14/h2-4,6-7,10-11,17H,5,8-9,12H2,1H3,(H,21,22,25)/t17-/m0/s1. The van der Waals surface area contributed by atoms with Gasteiger partial charge in [-0.3, -0.25) is 9.59 Å². The molecule has 28 heavy (non-hydrogen) atoms. The number of likely N-dealkylation sites (tertiary alicyclic amines) is 1. The topological polar surface area (TPSA) is 101 Å². The van der Waals surface area contributed by atoms with Crippen molar-refractivity contribution in [1.82, 2.24) is 20.0 Å². The van der Waals surface area contributed by atoms with E-state index in [0.717, 1.165) is 12.8 Å². The van der Waals surface area contributed by atoms with Gasteiger partial charge in [-0.1, -0.05) is 23.4 Å². The number of para-hydroxylation sites is 1. The molecular weight excluding hydrogens is 360 g/mol. The van der Waals surface area contributed by atoms with Gasteiger partial charge in [-0.25, -0.2) is 4.98 Å². The molecular formula is C20H20N4O4. The number of ether oxygens (including phenoxy) is 1. The zero-order valence-corrected chi connectivity index (χ0v) is 15.4. The van der Waals surface area contributed by atoms with Gasteiger partial charge in [0.15, 0.2) is 0 Å². The first-order chi connectivity index (χ1) is 13.6. The minimum absolute atomic E-state index is 0.00979. The Bertz CT molecular complexity index is 1030. The Morgan fingerprint density at radius 2 is 2.18 bits per heavy atom. The Morgan fingerprint density at radius 3 is 2.89 bits per heavy atom. The van der Waals surface area contributed by atoms with Gasteiger partial charge in [-0.2, -0.15) is 0 Å². The van der Waals surface area contributed by atoms with Gasteiger partial charge < -0.3 is 19.1 Å². The van der Waals surface area contributed by atoms with Gasteiger partial charge in [0.2, 0.25) is 0 Å². The Balaban J connectivity index is 1.49. The average molecular weight is 380 g/mol. The third-order valence-corrected chi connectivity index (χ3v) is 4.70. The van der Waals surface area contributed by atoms with E-state index < -0.39 is 5.56 Å². The number of aromatic amines is 1. The lowest BCUT2D eigenvalue weighted by atomic mass is 10.1. The number of hydrogen-bond acceptors (Lipinski definition) is 6. The van der Waals surface area contributed by atoms with E-state index in [1.807, 2.05) is 43.3 Å². The summed E-state index contributed by atoms with van der Waals surface area (Å²) in [5.74, 6) is 1.37. The second-order valence-corrected chi connectivity index (χ2v) is 6.69. The van der Waals surface area contributed by atoms with E-state index in [1.165, 1.54) is 6.20 Å².